The molecule has 2 aliphatic rings. The fourth-order valence-electron chi connectivity index (χ4n) is 7.40. The number of carbonyl (C=O) groups excluding carboxylic acids is 3. The van der Waals surface area contributed by atoms with E-state index in [0.29, 0.717) is 62.2 Å². The molecule has 10 heteroatoms. The fourth-order valence-corrected chi connectivity index (χ4v) is 7.53. The van der Waals surface area contributed by atoms with Crippen molar-refractivity contribution in [1.29, 1.82) is 0 Å². The lowest BCUT2D eigenvalue weighted by atomic mass is 9.99. The molecule has 2 unspecified atom stereocenters. The number of hydrogen-bond acceptors (Lipinski definition) is 5. The van der Waals surface area contributed by atoms with Crippen molar-refractivity contribution >= 4 is 29.3 Å². The van der Waals surface area contributed by atoms with Crippen LogP contribution in [-0.4, -0.2) is 89.7 Å². The van der Waals surface area contributed by atoms with Crippen molar-refractivity contribution < 1.29 is 18.8 Å². The van der Waals surface area contributed by atoms with Crippen LogP contribution in [-0.2, 0) is 27.3 Å². The van der Waals surface area contributed by atoms with Crippen LogP contribution in [0.5, 0.6) is 0 Å². The van der Waals surface area contributed by atoms with Gasteiger partial charge in [0, 0.05) is 82.2 Å². The second-order valence-corrected chi connectivity index (χ2v) is 14.2. The van der Waals surface area contributed by atoms with E-state index in [0.717, 1.165) is 30.5 Å². The average Bonchev–Trinajstić information content (AvgIpc) is 3.43. The molecule has 2 aliphatic heterocycles. The minimum Gasteiger partial charge on any atom is -0.344 e. The van der Waals surface area contributed by atoms with Crippen LogP contribution in [0.3, 0.4) is 0 Å². The van der Waals surface area contributed by atoms with E-state index in [2.05, 4.69) is 41.1 Å². The first kappa shape index (κ1) is 37.5. The third-order valence-electron chi connectivity index (χ3n) is 10.5. The number of benzene rings is 3. The molecule has 3 aromatic rings. The molecule has 3 aromatic carbocycles. The van der Waals surface area contributed by atoms with E-state index in [9.17, 15) is 14.4 Å². The summed E-state index contributed by atoms with van der Waals surface area (Å²) in [6.07, 6.45) is 2.51. The summed E-state index contributed by atoms with van der Waals surface area (Å²) >= 11 is 6.15. The van der Waals surface area contributed by atoms with E-state index in [-0.39, 0.29) is 42.0 Å². The molecule has 268 valence electrons. The molecule has 1 fully saturated rings. The van der Waals surface area contributed by atoms with Gasteiger partial charge in [0.2, 0.25) is 17.7 Å². The predicted molar refractivity (Wildman–Crippen MR) is 196 cm³/mol. The Hall–Kier alpha value is -3.79. The standard InChI is InChI=1S/C40H51ClFN5O3/c1-5-29(6-2)25-47(28(3)48)27-38(34-13-9-10-14-35(34)42)45-19-21-46(22-20-45)40(50)36(23-30-15-17-32(41)18-16-30)43-39(49)24-37-33-12-8-7-11-31(33)26-44(37)4/h7-18,29,36-38H,5-6,19-27H2,1-4H3,(H,43,49)/t36-,37?,38?/m1/s1. The molecule has 1 N–H and O–H groups in total. The van der Waals surface area contributed by atoms with E-state index in [1.807, 2.05) is 42.3 Å². The van der Waals surface area contributed by atoms with Gasteiger partial charge >= 0.3 is 0 Å². The fraction of sp³-hybridized carbons (Fsp3) is 0.475. The van der Waals surface area contributed by atoms with Crippen LogP contribution in [0.2, 0.25) is 5.02 Å². The summed E-state index contributed by atoms with van der Waals surface area (Å²) in [5, 5.41) is 3.70. The van der Waals surface area contributed by atoms with Gasteiger partial charge in [-0.2, -0.15) is 0 Å². The van der Waals surface area contributed by atoms with Gasteiger partial charge in [-0.1, -0.05) is 92.9 Å². The lowest BCUT2D eigenvalue weighted by molar-refractivity contribution is -0.138. The first-order valence-corrected chi connectivity index (χ1v) is 18.3. The molecule has 0 aliphatic carbocycles. The number of carbonyl (C=O) groups is 3. The monoisotopic (exact) mass is 703 g/mol. The summed E-state index contributed by atoms with van der Waals surface area (Å²) in [6.45, 7) is 9.47. The van der Waals surface area contributed by atoms with Crippen molar-refractivity contribution in [3.63, 3.8) is 0 Å². The highest BCUT2D eigenvalue weighted by molar-refractivity contribution is 6.30. The Morgan fingerprint density at radius 1 is 0.920 bits per heavy atom. The average molecular weight is 704 g/mol. The van der Waals surface area contributed by atoms with Gasteiger partial charge in [-0.3, -0.25) is 24.2 Å². The molecule has 1 saturated heterocycles. The minimum absolute atomic E-state index is 0.0277. The van der Waals surface area contributed by atoms with Crippen LogP contribution in [0.4, 0.5) is 4.39 Å². The van der Waals surface area contributed by atoms with Gasteiger partial charge in [-0.15, -0.1) is 0 Å². The van der Waals surface area contributed by atoms with E-state index in [1.165, 1.54) is 11.6 Å². The van der Waals surface area contributed by atoms with E-state index in [1.54, 1.807) is 36.1 Å². The van der Waals surface area contributed by atoms with Crippen molar-refractivity contribution in [3.05, 3.63) is 106 Å². The summed E-state index contributed by atoms with van der Waals surface area (Å²) < 4.78 is 15.3. The maximum absolute atomic E-state index is 15.3. The van der Waals surface area contributed by atoms with Gasteiger partial charge in [0.15, 0.2) is 0 Å². The number of rotatable bonds is 14. The van der Waals surface area contributed by atoms with Crippen LogP contribution in [0.15, 0.2) is 72.8 Å². The van der Waals surface area contributed by atoms with Gasteiger partial charge < -0.3 is 15.1 Å². The largest absolute Gasteiger partial charge is 0.344 e. The molecule has 0 bridgehead atoms. The number of nitrogens with zero attached hydrogens (tertiary/aromatic N) is 4. The van der Waals surface area contributed by atoms with Crippen LogP contribution in [0, 0.1) is 11.7 Å². The smallest absolute Gasteiger partial charge is 0.245 e. The number of halogens is 2. The molecule has 3 atom stereocenters. The Kier molecular flexibility index (Phi) is 13.1. The number of fused-ring (bicyclic) bond motifs is 1. The quantitative estimate of drug-likeness (QED) is 0.215. The Morgan fingerprint density at radius 2 is 1.58 bits per heavy atom. The maximum atomic E-state index is 15.3. The Bertz CT molecular complexity index is 1610. The van der Waals surface area contributed by atoms with Crippen LogP contribution in [0.25, 0.3) is 0 Å². The molecular weight excluding hydrogens is 653 g/mol. The molecule has 0 aromatic heterocycles. The number of hydrogen-bond donors (Lipinski definition) is 1. The number of nitrogens with one attached hydrogen (secondary N) is 1. The van der Waals surface area contributed by atoms with Crippen molar-refractivity contribution in [3.8, 4) is 0 Å². The van der Waals surface area contributed by atoms with Crippen LogP contribution in [0.1, 0.15) is 74.4 Å². The Labute approximate surface area is 301 Å². The van der Waals surface area contributed by atoms with Gasteiger partial charge in [0.1, 0.15) is 11.9 Å². The highest BCUT2D eigenvalue weighted by Crippen LogP contribution is 2.34. The summed E-state index contributed by atoms with van der Waals surface area (Å²) in [5.41, 5.74) is 3.82. The molecule has 5 rings (SSSR count). The molecule has 0 saturated carbocycles. The third kappa shape index (κ3) is 9.30. The SMILES string of the molecule is CCC(CC)CN(CC(c1ccccc1F)N1CCN(C(=O)[C@@H](Cc2ccc(Cl)cc2)NC(=O)CC2c3ccccc3CN2C)CC1)C(C)=O. The Morgan fingerprint density at radius 3 is 2.24 bits per heavy atom. The zero-order chi connectivity index (χ0) is 35.8. The maximum Gasteiger partial charge on any atom is 0.245 e. The van der Waals surface area contributed by atoms with Gasteiger partial charge in [0.05, 0.1) is 6.04 Å². The summed E-state index contributed by atoms with van der Waals surface area (Å²) in [7, 11) is 2.02. The second kappa shape index (κ2) is 17.4. The lowest BCUT2D eigenvalue weighted by Gasteiger charge is -2.42. The van der Waals surface area contributed by atoms with Crippen LogP contribution < -0.4 is 5.32 Å². The molecule has 2 heterocycles. The van der Waals surface area contributed by atoms with Crippen molar-refractivity contribution in [1.82, 2.24) is 24.9 Å². The zero-order valence-electron chi connectivity index (χ0n) is 29.8. The van der Waals surface area contributed by atoms with Gasteiger partial charge in [0.25, 0.3) is 0 Å². The van der Waals surface area contributed by atoms with Gasteiger partial charge in [-0.25, -0.2) is 4.39 Å². The van der Waals surface area contributed by atoms with E-state index >= 15 is 4.39 Å². The molecule has 3 amide bonds. The first-order chi connectivity index (χ1) is 24.1. The molecular formula is C40H51ClFN5O3. The summed E-state index contributed by atoms with van der Waals surface area (Å²) in [6, 6.07) is 21.1. The topological polar surface area (TPSA) is 76.2 Å². The normalized spacial score (nSPS) is 17.7. The predicted octanol–water partition coefficient (Wildman–Crippen LogP) is 6.25. The van der Waals surface area contributed by atoms with E-state index < -0.39 is 6.04 Å². The summed E-state index contributed by atoms with van der Waals surface area (Å²) in [4.78, 5) is 48.6. The van der Waals surface area contributed by atoms with Crippen LogP contribution >= 0.6 is 11.6 Å². The first-order valence-electron chi connectivity index (χ1n) is 17.9. The third-order valence-corrected chi connectivity index (χ3v) is 10.8. The molecule has 8 nitrogen and oxygen atoms in total. The summed E-state index contributed by atoms with van der Waals surface area (Å²) in [5.74, 6) is -0.282. The molecule has 0 spiro atoms. The highest BCUT2D eigenvalue weighted by atomic mass is 35.5. The van der Waals surface area contributed by atoms with Crippen molar-refractivity contribution in [2.75, 3.05) is 46.3 Å². The number of piperazine rings is 1. The molecule has 0 radical (unpaired) electrons. The number of amides is 3. The van der Waals surface area contributed by atoms with Crippen molar-refractivity contribution in [2.24, 2.45) is 5.92 Å². The Balaban J connectivity index is 1.30. The van der Waals surface area contributed by atoms with E-state index in [4.69, 9.17) is 11.6 Å². The second-order valence-electron chi connectivity index (χ2n) is 13.8. The molecule has 50 heavy (non-hydrogen) atoms. The van der Waals surface area contributed by atoms with Gasteiger partial charge in [-0.05, 0) is 47.9 Å². The lowest BCUT2D eigenvalue weighted by Crippen LogP contribution is -2.57. The minimum atomic E-state index is -0.757. The zero-order valence-corrected chi connectivity index (χ0v) is 30.5. The highest BCUT2D eigenvalue weighted by Gasteiger charge is 2.35. The van der Waals surface area contributed by atoms with Crippen molar-refractivity contribution in [2.45, 2.75) is 71.1 Å².